The van der Waals surface area contributed by atoms with Crippen LogP contribution in [0.4, 0.5) is 5.69 Å². The Morgan fingerprint density at radius 3 is 2.57 bits per heavy atom. The second kappa shape index (κ2) is 8.91. The first-order valence-electron chi connectivity index (χ1n) is 9.70. The van der Waals surface area contributed by atoms with Gasteiger partial charge in [0.1, 0.15) is 12.6 Å². The van der Waals surface area contributed by atoms with Crippen molar-refractivity contribution in [3.63, 3.8) is 0 Å². The summed E-state index contributed by atoms with van der Waals surface area (Å²) in [4.78, 5) is 27.1. The second-order valence-electron chi connectivity index (χ2n) is 7.37. The van der Waals surface area contributed by atoms with Gasteiger partial charge in [-0.15, -0.1) is 0 Å². The zero-order valence-electron chi connectivity index (χ0n) is 16.7. The number of nitrogens with zero attached hydrogens (tertiary/aromatic N) is 1. The number of hydrogen-bond acceptors (Lipinski definition) is 5. The first-order valence-corrected chi connectivity index (χ1v) is 9.70. The van der Waals surface area contributed by atoms with Gasteiger partial charge in [0.05, 0.1) is 18.4 Å². The lowest BCUT2D eigenvalue weighted by Gasteiger charge is -2.27. The van der Waals surface area contributed by atoms with Gasteiger partial charge in [-0.05, 0) is 42.0 Å². The fourth-order valence-electron chi connectivity index (χ4n) is 3.56. The largest absolute Gasteiger partial charge is 0.467 e. The van der Waals surface area contributed by atoms with E-state index in [4.69, 9.17) is 9.47 Å². The molecule has 5 nitrogen and oxygen atoms in total. The number of rotatable bonds is 6. The molecule has 0 aromatic heterocycles. The van der Waals surface area contributed by atoms with E-state index in [1.165, 1.54) is 7.11 Å². The molecule has 1 heterocycles. The van der Waals surface area contributed by atoms with Crippen LogP contribution in [0.25, 0.3) is 0 Å². The Balaban J connectivity index is 1.89. The summed E-state index contributed by atoms with van der Waals surface area (Å²) >= 11 is 0. The molecule has 0 N–H and O–H groups in total. The van der Waals surface area contributed by atoms with Crippen molar-refractivity contribution in [1.29, 1.82) is 0 Å². The molecule has 5 heteroatoms. The Morgan fingerprint density at radius 2 is 1.89 bits per heavy atom. The number of benzene rings is 2. The maximum Gasteiger partial charge on any atom is 0.340 e. The molecule has 0 unspecified atom stereocenters. The van der Waals surface area contributed by atoms with Gasteiger partial charge >= 0.3 is 11.9 Å². The van der Waals surface area contributed by atoms with Gasteiger partial charge in [-0.3, -0.25) is 0 Å². The van der Waals surface area contributed by atoms with Crippen LogP contribution in [-0.4, -0.2) is 31.6 Å². The molecule has 148 valence electrons. The standard InChI is InChI=1S/C23H27NO4/c1-16(2)18-11-12-20(24-13-7-10-21(24)23(26)27-3)19(14-18)22(25)28-15-17-8-5-4-6-9-17/h4-6,8-9,11-12,14,16,21H,7,10,13,15H2,1-3H3/t21-/m0/s1. The van der Waals surface area contributed by atoms with E-state index in [0.717, 1.165) is 29.7 Å². The minimum atomic E-state index is -0.378. The molecule has 28 heavy (non-hydrogen) atoms. The van der Waals surface area contributed by atoms with Crippen molar-refractivity contribution >= 4 is 17.6 Å². The molecule has 2 aromatic carbocycles. The fraction of sp³-hybridized carbons (Fsp3) is 0.391. The van der Waals surface area contributed by atoms with E-state index >= 15 is 0 Å². The number of ether oxygens (including phenoxy) is 2. The Bertz CT molecular complexity index is 832. The SMILES string of the molecule is COC(=O)[C@@H]1CCCN1c1ccc(C(C)C)cc1C(=O)OCc1ccccc1. The summed E-state index contributed by atoms with van der Waals surface area (Å²) in [6.07, 6.45) is 1.60. The monoisotopic (exact) mass is 381 g/mol. The van der Waals surface area contributed by atoms with Crippen LogP contribution in [-0.2, 0) is 20.9 Å². The van der Waals surface area contributed by atoms with Crippen LogP contribution in [0.1, 0.15) is 54.1 Å². The van der Waals surface area contributed by atoms with Crippen LogP contribution in [0.5, 0.6) is 0 Å². The molecule has 0 radical (unpaired) electrons. The van der Waals surface area contributed by atoms with Crippen molar-refractivity contribution in [3.8, 4) is 0 Å². The molecule has 0 saturated carbocycles. The topological polar surface area (TPSA) is 55.8 Å². The number of methoxy groups -OCH3 is 1. The average molecular weight is 381 g/mol. The minimum Gasteiger partial charge on any atom is -0.467 e. The predicted octanol–water partition coefficient (Wildman–Crippen LogP) is 4.31. The molecule has 1 atom stereocenters. The zero-order valence-corrected chi connectivity index (χ0v) is 16.7. The molecule has 0 amide bonds. The maximum absolute atomic E-state index is 13.0. The molecule has 1 fully saturated rings. The molecule has 0 bridgehead atoms. The molecule has 2 aromatic rings. The van der Waals surface area contributed by atoms with Crippen LogP contribution in [0.15, 0.2) is 48.5 Å². The van der Waals surface area contributed by atoms with Gasteiger partial charge in [-0.25, -0.2) is 9.59 Å². The minimum absolute atomic E-state index is 0.214. The van der Waals surface area contributed by atoms with Crippen LogP contribution >= 0.6 is 0 Å². The lowest BCUT2D eigenvalue weighted by atomic mass is 9.99. The predicted molar refractivity (Wildman–Crippen MR) is 108 cm³/mol. The van der Waals surface area contributed by atoms with E-state index < -0.39 is 0 Å². The quantitative estimate of drug-likeness (QED) is 0.698. The van der Waals surface area contributed by atoms with Gasteiger partial charge in [0, 0.05) is 6.54 Å². The van der Waals surface area contributed by atoms with Crippen LogP contribution in [0, 0.1) is 0 Å². The van der Waals surface area contributed by atoms with Gasteiger partial charge < -0.3 is 14.4 Å². The highest BCUT2D eigenvalue weighted by molar-refractivity contribution is 5.97. The third kappa shape index (κ3) is 4.35. The highest BCUT2D eigenvalue weighted by atomic mass is 16.5. The highest BCUT2D eigenvalue weighted by Gasteiger charge is 2.34. The van der Waals surface area contributed by atoms with Crippen LogP contribution < -0.4 is 4.90 Å². The summed E-state index contributed by atoms with van der Waals surface area (Å²) < 4.78 is 10.5. The van der Waals surface area contributed by atoms with Crippen molar-refractivity contribution in [1.82, 2.24) is 0 Å². The summed E-state index contributed by atoms with van der Waals surface area (Å²) in [5.41, 5.74) is 3.23. The van der Waals surface area contributed by atoms with Crippen molar-refractivity contribution in [2.45, 2.75) is 45.3 Å². The summed E-state index contributed by atoms with van der Waals surface area (Å²) in [6.45, 7) is 5.09. The van der Waals surface area contributed by atoms with E-state index in [1.807, 2.05) is 53.4 Å². The Labute approximate surface area is 166 Å². The number of anilines is 1. The Hall–Kier alpha value is -2.82. The van der Waals surface area contributed by atoms with Crippen LogP contribution in [0.2, 0.25) is 0 Å². The van der Waals surface area contributed by atoms with Crippen molar-refractivity contribution in [2.24, 2.45) is 0 Å². The fourth-order valence-corrected chi connectivity index (χ4v) is 3.56. The number of hydrogen-bond donors (Lipinski definition) is 0. The van der Waals surface area contributed by atoms with E-state index in [9.17, 15) is 9.59 Å². The molecule has 1 aliphatic rings. The summed E-state index contributed by atoms with van der Waals surface area (Å²) in [7, 11) is 1.40. The lowest BCUT2D eigenvalue weighted by Crippen LogP contribution is -2.37. The normalized spacial score (nSPS) is 16.3. The number of esters is 2. The first-order chi connectivity index (χ1) is 13.5. The third-order valence-electron chi connectivity index (χ3n) is 5.16. The van der Waals surface area contributed by atoms with E-state index in [1.54, 1.807) is 0 Å². The van der Waals surface area contributed by atoms with E-state index in [2.05, 4.69) is 13.8 Å². The molecular formula is C23H27NO4. The number of carbonyl (C=O) groups is 2. The highest BCUT2D eigenvalue weighted by Crippen LogP contribution is 2.32. The molecule has 1 saturated heterocycles. The summed E-state index contributed by atoms with van der Waals surface area (Å²) in [6, 6.07) is 15.1. The van der Waals surface area contributed by atoms with Gasteiger partial charge in [0.25, 0.3) is 0 Å². The maximum atomic E-state index is 13.0. The van der Waals surface area contributed by atoms with Crippen molar-refractivity contribution in [3.05, 3.63) is 65.2 Å². The lowest BCUT2D eigenvalue weighted by molar-refractivity contribution is -0.141. The van der Waals surface area contributed by atoms with E-state index in [-0.39, 0.29) is 30.5 Å². The third-order valence-corrected chi connectivity index (χ3v) is 5.16. The first kappa shape index (κ1) is 19.9. The zero-order chi connectivity index (χ0) is 20.1. The van der Waals surface area contributed by atoms with Gasteiger partial charge in [-0.1, -0.05) is 50.2 Å². The number of carbonyl (C=O) groups excluding carboxylic acids is 2. The van der Waals surface area contributed by atoms with Gasteiger partial charge in [0.2, 0.25) is 0 Å². The average Bonchev–Trinajstić information content (AvgIpc) is 3.21. The molecule has 0 aliphatic carbocycles. The van der Waals surface area contributed by atoms with Crippen molar-refractivity contribution in [2.75, 3.05) is 18.6 Å². The Kier molecular flexibility index (Phi) is 6.34. The van der Waals surface area contributed by atoms with Crippen LogP contribution in [0.3, 0.4) is 0 Å². The summed E-state index contributed by atoms with van der Waals surface area (Å²) in [5.74, 6) is -0.365. The van der Waals surface area contributed by atoms with Gasteiger partial charge in [-0.2, -0.15) is 0 Å². The Morgan fingerprint density at radius 1 is 1.14 bits per heavy atom. The van der Waals surface area contributed by atoms with Crippen molar-refractivity contribution < 1.29 is 19.1 Å². The smallest absolute Gasteiger partial charge is 0.340 e. The summed E-state index contributed by atoms with van der Waals surface area (Å²) in [5, 5.41) is 0. The van der Waals surface area contributed by atoms with Gasteiger partial charge in [0.15, 0.2) is 0 Å². The molecule has 1 aliphatic heterocycles. The van der Waals surface area contributed by atoms with E-state index in [0.29, 0.717) is 12.1 Å². The molecular weight excluding hydrogens is 354 g/mol. The molecule has 3 rings (SSSR count). The molecule has 0 spiro atoms. The second-order valence-corrected chi connectivity index (χ2v) is 7.37.